The second kappa shape index (κ2) is 13.7. The van der Waals surface area contributed by atoms with Crippen molar-refractivity contribution in [1.82, 2.24) is 31.0 Å². The molecule has 1 fully saturated rings. The first kappa shape index (κ1) is 36.5. The van der Waals surface area contributed by atoms with E-state index < -0.39 is 53.4 Å². The number of guanidine groups is 2. The predicted octanol–water partition coefficient (Wildman–Crippen LogP) is -2.35. The number of carbonyl (C=O) groups is 3. The first-order valence-electron chi connectivity index (χ1n) is 17.0. The Morgan fingerprint density at radius 2 is 1.87 bits per heavy atom. The van der Waals surface area contributed by atoms with E-state index >= 15 is 0 Å². The third-order valence-electron chi connectivity index (χ3n) is 9.98. The van der Waals surface area contributed by atoms with Crippen LogP contribution in [0.5, 0.6) is 11.6 Å². The van der Waals surface area contributed by atoms with Crippen LogP contribution in [0.15, 0.2) is 40.3 Å². The highest BCUT2D eigenvalue weighted by Gasteiger charge is 2.73. The average molecular weight is 724 g/mol. The number of fused-ring (bicyclic) bond motifs is 1. The average Bonchev–Trinajstić information content (AvgIpc) is 3.57. The van der Waals surface area contributed by atoms with Crippen molar-refractivity contribution in [3.05, 3.63) is 47.2 Å². The van der Waals surface area contributed by atoms with Crippen LogP contribution in [0.1, 0.15) is 60.5 Å². The number of carbonyl (C=O) groups excluding carboxylic acids is 3. The molecule has 4 aliphatic heterocycles. The summed E-state index contributed by atoms with van der Waals surface area (Å²) in [7, 11) is 0. The number of nitrogens with one attached hydrogen (secondary N) is 3. The number of nitrogens with zero attached hydrogens (tertiary/aromatic N) is 5. The number of hydrogen-bond acceptors (Lipinski definition) is 17. The van der Waals surface area contributed by atoms with E-state index in [2.05, 4.69) is 50.0 Å². The van der Waals surface area contributed by atoms with E-state index in [1.807, 2.05) is 19.9 Å². The molecule has 5 atom stereocenters. The van der Waals surface area contributed by atoms with Gasteiger partial charge in [-0.25, -0.2) is 9.98 Å². The van der Waals surface area contributed by atoms with E-state index in [-0.39, 0.29) is 66.7 Å². The summed E-state index contributed by atoms with van der Waals surface area (Å²) in [6.45, 7) is 7.84. The van der Waals surface area contributed by atoms with Crippen LogP contribution in [0.4, 0.5) is 0 Å². The molecule has 11 N–H and O–H groups in total. The molecule has 2 aromatic rings. The summed E-state index contributed by atoms with van der Waals surface area (Å²) in [4.78, 5) is 49.0. The summed E-state index contributed by atoms with van der Waals surface area (Å²) in [5.41, 5.74) is 17.3. The Kier molecular flexibility index (Phi) is 9.62. The second-order valence-electron chi connectivity index (χ2n) is 14.2. The normalized spacial score (nSPS) is 25.6. The molecule has 1 unspecified atom stereocenters. The first-order valence-corrected chi connectivity index (χ1v) is 17.0. The number of amides is 2. The summed E-state index contributed by atoms with van der Waals surface area (Å²) in [6.07, 6.45) is 0.779. The maximum atomic E-state index is 13.7. The van der Waals surface area contributed by atoms with Crippen molar-refractivity contribution in [1.29, 1.82) is 0 Å². The summed E-state index contributed by atoms with van der Waals surface area (Å²) >= 11 is 0. The number of benzene rings is 1. The zero-order chi connectivity index (χ0) is 37.6. The van der Waals surface area contributed by atoms with Crippen LogP contribution in [0, 0.1) is 5.92 Å². The molecule has 4 aliphatic rings. The Bertz CT molecular complexity index is 1780. The Balaban J connectivity index is 1.11. The highest BCUT2D eigenvalue weighted by atomic mass is 16.6. The minimum Gasteiger partial charge on any atom is -0.492 e. The molecule has 1 aromatic heterocycles. The largest absolute Gasteiger partial charge is 0.492 e. The Labute approximate surface area is 299 Å². The third-order valence-corrected chi connectivity index (χ3v) is 9.98. The van der Waals surface area contributed by atoms with Crippen LogP contribution < -0.4 is 42.6 Å². The number of nitrogens with two attached hydrogens (primary N) is 3. The Hall–Kier alpha value is -5.27. The van der Waals surface area contributed by atoms with Crippen LogP contribution in [-0.4, -0.2) is 124 Å². The highest BCUT2D eigenvalue weighted by Crippen LogP contribution is 2.45. The fourth-order valence-electron chi connectivity index (χ4n) is 6.90. The fraction of sp³-hybridized carbons (Fsp3) is 0.545. The topological polar surface area (TPSA) is 287 Å². The second-order valence-corrected chi connectivity index (χ2v) is 14.2. The van der Waals surface area contributed by atoms with Crippen LogP contribution >= 0.6 is 0 Å². The van der Waals surface area contributed by atoms with Gasteiger partial charge in [0.25, 0.3) is 11.8 Å². The lowest BCUT2D eigenvalue weighted by Crippen LogP contribution is -2.78. The molecule has 1 saturated heterocycles. The zero-order valence-corrected chi connectivity index (χ0v) is 29.3. The molecule has 0 saturated carbocycles. The molecule has 2 amide bonds. The molecule has 0 radical (unpaired) electrons. The van der Waals surface area contributed by atoms with Gasteiger partial charge < -0.3 is 62.5 Å². The van der Waals surface area contributed by atoms with Crippen LogP contribution in [0.3, 0.4) is 0 Å². The molecular formula is C33H45N11O8. The maximum absolute atomic E-state index is 13.7. The molecule has 1 spiro atoms. The Morgan fingerprint density at radius 3 is 2.58 bits per heavy atom. The molecule has 5 heterocycles. The van der Waals surface area contributed by atoms with Gasteiger partial charge in [0.05, 0.1) is 18.2 Å². The summed E-state index contributed by atoms with van der Waals surface area (Å²) in [5, 5.41) is 39.8. The van der Waals surface area contributed by atoms with Crippen molar-refractivity contribution in [2.75, 3.05) is 32.9 Å². The van der Waals surface area contributed by atoms with Crippen LogP contribution in [0.25, 0.3) is 0 Å². The van der Waals surface area contributed by atoms with Crippen molar-refractivity contribution in [3.63, 3.8) is 0 Å². The summed E-state index contributed by atoms with van der Waals surface area (Å²) < 4.78 is 16.4. The number of esters is 1. The van der Waals surface area contributed by atoms with Crippen LogP contribution in [-0.2, 0) is 14.9 Å². The molecule has 6 rings (SSSR count). The maximum Gasteiger partial charge on any atom is 0.323 e. The van der Waals surface area contributed by atoms with Gasteiger partial charge in [0.2, 0.25) is 11.7 Å². The monoisotopic (exact) mass is 723 g/mol. The van der Waals surface area contributed by atoms with E-state index in [9.17, 15) is 24.6 Å². The summed E-state index contributed by atoms with van der Waals surface area (Å²) in [5.74, 6) is -4.12. The van der Waals surface area contributed by atoms with Crippen molar-refractivity contribution < 1.29 is 38.8 Å². The van der Waals surface area contributed by atoms with E-state index in [4.69, 9.17) is 31.4 Å². The number of hydrogen-bond donors (Lipinski definition) is 8. The smallest absolute Gasteiger partial charge is 0.323 e. The third kappa shape index (κ3) is 6.39. The fourth-order valence-corrected chi connectivity index (χ4v) is 6.90. The number of aliphatic hydroxyl groups is 2. The van der Waals surface area contributed by atoms with Gasteiger partial charge in [-0.05, 0) is 29.9 Å². The van der Waals surface area contributed by atoms with Crippen molar-refractivity contribution in [2.45, 2.75) is 75.1 Å². The number of aliphatic imine (C=N–C) groups is 2. The molecule has 19 heteroatoms. The quantitative estimate of drug-likeness (QED) is 0.0684. The van der Waals surface area contributed by atoms with Crippen molar-refractivity contribution >= 4 is 29.7 Å². The van der Waals surface area contributed by atoms with Gasteiger partial charge in [-0.1, -0.05) is 39.8 Å². The molecule has 0 aliphatic carbocycles. The van der Waals surface area contributed by atoms with Gasteiger partial charge in [-0.3, -0.25) is 14.4 Å². The van der Waals surface area contributed by atoms with Gasteiger partial charge in [-0.2, -0.15) is 0 Å². The standard InChI is InChI=1S/C33H45N11O8/c1-16(2)23(34)28(47)52-13-12-50-22-9-8-19(42-43-22)27(46)37-14-20-25-32(41-29(35)40-25)33(48,49)21(15-44(32)30(36)38-20)39-26(45)17-6-5-7-18-24(17)51-11-10-31(18,3)4/h5-9,16,20-21,23,25,48-49H,10-15,34H2,1-4H3,(H2,36,38)(H,37,46)(H,39,45)(H3,35,40,41)/t20-,21?,23-,25-,32-/m0/s1. The Morgan fingerprint density at radius 1 is 1.10 bits per heavy atom. The molecular weight excluding hydrogens is 678 g/mol. The molecule has 19 nitrogen and oxygen atoms in total. The molecule has 280 valence electrons. The van der Waals surface area contributed by atoms with Crippen molar-refractivity contribution in [3.8, 4) is 11.6 Å². The number of ether oxygens (including phenoxy) is 3. The molecule has 52 heavy (non-hydrogen) atoms. The molecule has 0 bridgehead atoms. The van der Waals surface area contributed by atoms with Crippen molar-refractivity contribution in [2.24, 2.45) is 33.1 Å². The van der Waals surface area contributed by atoms with Gasteiger partial charge >= 0.3 is 5.97 Å². The van der Waals surface area contributed by atoms with E-state index in [1.54, 1.807) is 12.1 Å². The summed E-state index contributed by atoms with van der Waals surface area (Å²) in [6, 6.07) is 4.11. The van der Waals surface area contributed by atoms with E-state index in [0.29, 0.717) is 12.4 Å². The SMILES string of the molecule is CC(C)[C@H](N)C(=O)OCCOc1ccc(C(=O)NC[C@@H]2N=C(N)N3CC(NC(=O)c4cccc5c4OCCC5(C)C)C(O)(O)[C@@]34NC(N)=N[C@@H]24)nn1. The lowest BCUT2D eigenvalue weighted by atomic mass is 9.79. The number of para-hydroxylation sites is 1. The lowest BCUT2D eigenvalue weighted by molar-refractivity contribution is -0.230. The predicted molar refractivity (Wildman–Crippen MR) is 185 cm³/mol. The van der Waals surface area contributed by atoms with Gasteiger partial charge in [0.1, 0.15) is 37.1 Å². The number of aromatic nitrogens is 2. The van der Waals surface area contributed by atoms with Gasteiger partial charge in [-0.15, -0.1) is 10.2 Å². The zero-order valence-electron chi connectivity index (χ0n) is 29.3. The van der Waals surface area contributed by atoms with Gasteiger partial charge in [0.15, 0.2) is 23.3 Å². The number of rotatable bonds is 11. The highest BCUT2D eigenvalue weighted by molar-refractivity contribution is 5.98. The van der Waals surface area contributed by atoms with Gasteiger partial charge in [0, 0.05) is 24.7 Å². The lowest BCUT2D eigenvalue weighted by Gasteiger charge is -2.49. The first-order chi connectivity index (χ1) is 24.6. The van der Waals surface area contributed by atoms with Crippen LogP contribution in [0.2, 0.25) is 0 Å². The molecule has 1 aromatic carbocycles. The minimum atomic E-state index is -2.68. The van der Waals surface area contributed by atoms with E-state index in [1.165, 1.54) is 17.0 Å². The van der Waals surface area contributed by atoms with E-state index in [0.717, 1.165) is 12.0 Å². The minimum absolute atomic E-state index is 0.00154.